The Bertz CT molecular complexity index is 452. The fourth-order valence-electron chi connectivity index (χ4n) is 1.57. The monoisotopic (exact) mass is 316 g/mol. The molecule has 1 aliphatic carbocycles. The first-order valence-electron chi connectivity index (χ1n) is 4.10. The number of Topliss-reactive ketones (excluding diaryl/α,β-unsaturated/α-hetero) is 2. The van der Waals surface area contributed by atoms with Crippen LogP contribution in [0.5, 0.6) is 0 Å². The van der Waals surface area contributed by atoms with Gasteiger partial charge in [0.05, 0.1) is 5.92 Å². The summed E-state index contributed by atoms with van der Waals surface area (Å²) in [5.74, 6) is -0.716. The molecule has 72 valence electrons. The average Bonchev–Trinajstić information content (AvgIpc) is 2.38. The van der Waals surface area contributed by atoms with Gasteiger partial charge in [-0.05, 0) is 50.9 Å². The summed E-state index contributed by atoms with van der Waals surface area (Å²) in [4.78, 5) is 23.3. The van der Waals surface area contributed by atoms with Gasteiger partial charge in [0.1, 0.15) is 0 Å². The third-order valence-corrected chi connectivity index (χ3v) is 4.41. The second-order valence-electron chi connectivity index (χ2n) is 3.23. The minimum atomic E-state index is -0.532. The number of hydrogen-bond acceptors (Lipinski definition) is 2. The van der Waals surface area contributed by atoms with Gasteiger partial charge in [-0.2, -0.15) is 0 Å². The lowest BCUT2D eigenvalue weighted by atomic mass is 10.1. The predicted octanol–water partition coefficient (Wildman–Crippen LogP) is 3.23. The number of halogens is 2. The van der Waals surface area contributed by atoms with Gasteiger partial charge in [-0.1, -0.05) is 0 Å². The molecule has 0 heterocycles. The molecule has 0 radical (unpaired) electrons. The quantitative estimate of drug-likeness (QED) is 0.688. The summed E-state index contributed by atoms with van der Waals surface area (Å²) < 4.78 is 1.48. The van der Waals surface area contributed by atoms with Crippen LogP contribution in [0.3, 0.4) is 0 Å². The zero-order valence-electron chi connectivity index (χ0n) is 7.30. The summed E-state index contributed by atoms with van der Waals surface area (Å²) in [5.41, 5.74) is 1.04. The van der Waals surface area contributed by atoms with E-state index in [4.69, 9.17) is 0 Å². The zero-order chi connectivity index (χ0) is 10.5. The highest BCUT2D eigenvalue weighted by Crippen LogP contribution is 2.36. The smallest absolute Gasteiger partial charge is 0.175 e. The lowest BCUT2D eigenvalue weighted by molar-refractivity contribution is 0.0852. The van der Waals surface area contributed by atoms with E-state index in [0.717, 1.165) is 4.47 Å². The van der Waals surface area contributed by atoms with Crippen LogP contribution in [0.2, 0.25) is 0 Å². The standard InChI is InChI=1S/C10H6Br2O2/c1-4-9(13)5-2-3-6(11)8(12)7(5)10(4)14/h2-4H,1H3. The molecule has 1 atom stereocenters. The molecule has 0 fully saturated rings. The van der Waals surface area contributed by atoms with Crippen molar-refractivity contribution in [3.63, 3.8) is 0 Å². The first kappa shape index (κ1) is 10.1. The number of carbonyl (C=O) groups excluding carboxylic acids is 2. The molecule has 4 heteroatoms. The van der Waals surface area contributed by atoms with Crippen LogP contribution in [0.1, 0.15) is 27.6 Å². The molecular formula is C10H6Br2O2. The van der Waals surface area contributed by atoms with E-state index >= 15 is 0 Å². The van der Waals surface area contributed by atoms with E-state index in [1.807, 2.05) is 0 Å². The van der Waals surface area contributed by atoms with Gasteiger partial charge in [-0.15, -0.1) is 0 Å². The largest absolute Gasteiger partial charge is 0.293 e. The van der Waals surface area contributed by atoms with E-state index in [2.05, 4.69) is 31.9 Å². The second-order valence-corrected chi connectivity index (χ2v) is 4.88. The molecule has 2 rings (SSSR count). The van der Waals surface area contributed by atoms with E-state index in [-0.39, 0.29) is 11.6 Å². The van der Waals surface area contributed by atoms with Crippen molar-refractivity contribution in [2.24, 2.45) is 5.92 Å². The first-order chi connectivity index (χ1) is 6.54. The highest BCUT2D eigenvalue weighted by molar-refractivity contribution is 9.13. The highest BCUT2D eigenvalue weighted by Gasteiger charge is 2.37. The lowest BCUT2D eigenvalue weighted by Crippen LogP contribution is -2.09. The van der Waals surface area contributed by atoms with Gasteiger partial charge in [-0.25, -0.2) is 0 Å². The van der Waals surface area contributed by atoms with Crippen LogP contribution in [0.15, 0.2) is 21.1 Å². The van der Waals surface area contributed by atoms with Crippen LogP contribution in [0.25, 0.3) is 0 Å². The van der Waals surface area contributed by atoms with Gasteiger partial charge in [0, 0.05) is 20.1 Å². The highest BCUT2D eigenvalue weighted by atomic mass is 79.9. The van der Waals surface area contributed by atoms with Crippen molar-refractivity contribution in [1.29, 1.82) is 0 Å². The van der Waals surface area contributed by atoms with E-state index in [0.29, 0.717) is 15.6 Å². The Balaban J connectivity index is 2.76. The molecule has 0 amide bonds. The van der Waals surface area contributed by atoms with Crippen molar-refractivity contribution in [3.8, 4) is 0 Å². The van der Waals surface area contributed by atoms with Crippen LogP contribution >= 0.6 is 31.9 Å². The average molecular weight is 318 g/mol. The molecule has 0 N–H and O–H groups in total. The van der Waals surface area contributed by atoms with Crippen LogP contribution in [0.4, 0.5) is 0 Å². The Kier molecular flexibility index (Phi) is 2.35. The first-order valence-corrected chi connectivity index (χ1v) is 5.69. The van der Waals surface area contributed by atoms with Crippen molar-refractivity contribution in [1.82, 2.24) is 0 Å². The molecule has 14 heavy (non-hydrogen) atoms. The fourth-order valence-corrected chi connectivity index (χ4v) is 2.44. The second kappa shape index (κ2) is 3.28. The molecule has 1 aromatic rings. The maximum atomic E-state index is 11.7. The molecule has 2 nitrogen and oxygen atoms in total. The van der Waals surface area contributed by atoms with Gasteiger partial charge in [0.25, 0.3) is 0 Å². The Labute approximate surface area is 97.9 Å². The Morgan fingerprint density at radius 3 is 2.43 bits per heavy atom. The van der Waals surface area contributed by atoms with Crippen LogP contribution in [-0.2, 0) is 0 Å². The summed E-state index contributed by atoms with van der Waals surface area (Å²) in [5, 5.41) is 0. The maximum absolute atomic E-state index is 11.7. The van der Waals surface area contributed by atoms with Gasteiger partial charge in [0.15, 0.2) is 11.6 Å². The fraction of sp³-hybridized carbons (Fsp3) is 0.200. The molecule has 1 aliphatic rings. The summed E-state index contributed by atoms with van der Waals surface area (Å²) in [6, 6.07) is 3.46. The minimum absolute atomic E-state index is 0.0850. The predicted molar refractivity (Wildman–Crippen MR) is 59.7 cm³/mol. The zero-order valence-corrected chi connectivity index (χ0v) is 10.5. The maximum Gasteiger partial charge on any atom is 0.175 e. The molecule has 1 unspecified atom stereocenters. The van der Waals surface area contributed by atoms with E-state index in [1.165, 1.54) is 0 Å². The summed E-state index contributed by atoms with van der Waals surface area (Å²) >= 11 is 6.61. The van der Waals surface area contributed by atoms with Crippen molar-refractivity contribution in [2.45, 2.75) is 6.92 Å². The van der Waals surface area contributed by atoms with Crippen molar-refractivity contribution < 1.29 is 9.59 Å². The van der Waals surface area contributed by atoms with Crippen molar-refractivity contribution in [3.05, 3.63) is 32.2 Å². The summed E-state index contributed by atoms with van der Waals surface area (Å²) in [6.45, 7) is 1.64. The van der Waals surface area contributed by atoms with Crippen molar-refractivity contribution >= 4 is 43.4 Å². The normalized spacial score (nSPS) is 20.1. The molecule has 0 bridgehead atoms. The summed E-state index contributed by atoms with van der Waals surface area (Å²) in [6.07, 6.45) is 0. The van der Waals surface area contributed by atoms with Gasteiger partial charge in [0.2, 0.25) is 0 Å². The number of fused-ring (bicyclic) bond motifs is 1. The van der Waals surface area contributed by atoms with Crippen molar-refractivity contribution in [2.75, 3.05) is 0 Å². The van der Waals surface area contributed by atoms with Gasteiger partial charge < -0.3 is 0 Å². The molecule has 0 aromatic heterocycles. The number of hydrogen-bond donors (Lipinski definition) is 0. The Morgan fingerprint density at radius 2 is 1.79 bits per heavy atom. The third kappa shape index (κ3) is 1.21. The van der Waals surface area contributed by atoms with Gasteiger partial charge >= 0.3 is 0 Å². The number of carbonyl (C=O) groups is 2. The SMILES string of the molecule is CC1C(=O)c2ccc(Br)c(Br)c2C1=O. The van der Waals surface area contributed by atoms with Gasteiger partial charge in [-0.3, -0.25) is 9.59 Å². The molecule has 0 spiro atoms. The molecule has 1 aromatic carbocycles. The third-order valence-electron chi connectivity index (χ3n) is 2.39. The summed E-state index contributed by atoms with van der Waals surface area (Å²) in [7, 11) is 0. The van der Waals surface area contributed by atoms with Crippen LogP contribution < -0.4 is 0 Å². The minimum Gasteiger partial charge on any atom is -0.293 e. The molecule has 0 aliphatic heterocycles. The van der Waals surface area contributed by atoms with E-state index in [9.17, 15) is 9.59 Å². The van der Waals surface area contributed by atoms with E-state index in [1.54, 1.807) is 19.1 Å². The number of ketones is 2. The van der Waals surface area contributed by atoms with Crippen LogP contribution in [0, 0.1) is 5.92 Å². The number of benzene rings is 1. The lowest BCUT2D eigenvalue weighted by Gasteiger charge is -2.01. The van der Waals surface area contributed by atoms with E-state index < -0.39 is 5.92 Å². The molecular weight excluding hydrogens is 312 g/mol. The van der Waals surface area contributed by atoms with Crippen LogP contribution in [-0.4, -0.2) is 11.6 Å². The number of rotatable bonds is 0. The molecule has 0 saturated carbocycles. The Hall–Kier alpha value is -0.480. The topological polar surface area (TPSA) is 34.1 Å². The Morgan fingerprint density at radius 1 is 1.14 bits per heavy atom. The molecule has 0 saturated heterocycles.